The van der Waals surface area contributed by atoms with Crippen molar-refractivity contribution in [3.63, 3.8) is 0 Å². The van der Waals surface area contributed by atoms with Gasteiger partial charge in [0.1, 0.15) is 23.9 Å². The number of nitrogens with one attached hydrogen (secondary N) is 1. The Hall–Kier alpha value is -2.97. The third kappa shape index (κ3) is 3.88. The van der Waals surface area contributed by atoms with Crippen LogP contribution in [0.25, 0.3) is 10.9 Å². The number of methoxy groups -OCH3 is 1. The molecule has 1 aliphatic rings. The van der Waals surface area contributed by atoms with Gasteiger partial charge in [-0.15, -0.1) is 0 Å². The van der Waals surface area contributed by atoms with Crippen LogP contribution in [-0.2, 0) is 11.3 Å². The average molecular weight is 431 g/mol. The van der Waals surface area contributed by atoms with Crippen LogP contribution >= 0.6 is 11.6 Å². The summed E-state index contributed by atoms with van der Waals surface area (Å²) in [5.74, 6) is -0.367. The molecule has 4 rings (SSSR count). The number of nitrogens with zero attached hydrogens (tertiary/aromatic N) is 3. The first-order valence-corrected chi connectivity index (χ1v) is 9.85. The van der Waals surface area contributed by atoms with Gasteiger partial charge in [-0.3, -0.25) is 9.69 Å². The van der Waals surface area contributed by atoms with Crippen molar-refractivity contribution in [1.29, 1.82) is 0 Å². The van der Waals surface area contributed by atoms with E-state index in [-0.39, 0.29) is 10.7 Å². The molecule has 1 atom stereocenters. The lowest BCUT2D eigenvalue weighted by Crippen LogP contribution is -2.35. The number of carboxylic acid groups (broad SMARTS) is 1. The summed E-state index contributed by atoms with van der Waals surface area (Å²) in [6.07, 6.45) is 2.83. The van der Waals surface area contributed by atoms with Crippen LogP contribution in [0.15, 0.2) is 36.7 Å². The summed E-state index contributed by atoms with van der Waals surface area (Å²) in [6, 6.07) is 7.80. The van der Waals surface area contributed by atoms with Crippen molar-refractivity contribution in [2.24, 2.45) is 0 Å². The van der Waals surface area contributed by atoms with E-state index in [2.05, 4.69) is 15.3 Å². The van der Waals surface area contributed by atoms with E-state index in [1.54, 1.807) is 25.3 Å². The number of anilines is 2. The molecule has 2 aromatic carbocycles. The maximum atomic E-state index is 14.4. The topological polar surface area (TPSA) is 87.6 Å². The van der Waals surface area contributed by atoms with Crippen molar-refractivity contribution in [3.8, 4) is 5.75 Å². The number of halogens is 2. The third-order valence-corrected chi connectivity index (χ3v) is 5.56. The lowest BCUT2D eigenvalue weighted by molar-refractivity contribution is -0.142. The monoisotopic (exact) mass is 430 g/mol. The van der Waals surface area contributed by atoms with Crippen LogP contribution in [0.3, 0.4) is 0 Å². The van der Waals surface area contributed by atoms with Gasteiger partial charge in [0.2, 0.25) is 0 Å². The Morgan fingerprint density at radius 2 is 2.23 bits per heavy atom. The van der Waals surface area contributed by atoms with Gasteiger partial charge >= 0.3 is 5.97 Å². The lowest BCUT2D eigenvalue weighted by atomic mass is 10.1. The lowest BCUT2D eigenvalue weighted by Gasteiger charge is -2.22. The van der Waals surface area contributed by atoms with Crippen LogP contribution in [0.5, 0.6) is 5.75 Å². The Morgan fingerprint density at radius 3 is 3.00 bits per heavy atom. The van der Waals surface area contributed by atoms with Crippen LogP contribution in [-0.4, -0.2) is 45.6 Å². The summed E-state index contributed by atoms with van der Waals surface area (Å²) in [5.41, 5.74) is 1.62. The van der Waals surface area contributed by atoms with Gasteiger partial charge in [0, 0.05) is 23.6 Å². The molecular formula is C21H20ClFN4O3. The molecule has 3 aromatic rings. The largest absolute Gasteiger partial charge is 0.496 e. The zero-order valence-electron chi connectivity index (χ0n) is 16.2. The van der Waals surface area contributed by atoms with Crippen LogP contribution in [0.2, 0.25) is 5.02 Å². The zero-order chi connectivity index (χ0) is 21.3. The predicted octanol–water partition coefficient (Wildman–Crippen LogP) is 4.22. The fourth-order valence-corrected chi connectivity index (χ4v) is 3.96. The van der Waals surface area contributed by atoms with E-state index in [1.165, 1.54) is 12.4 Å². The van der Waals surface area contributed by atoms with Crippen molar-refractivity contribution in [2.75, 3.05) is 19.0 Å². The molecule has 0 radical (unpaired) electrons. The van der Waals surface area contributed by atoms with Gasteiger partial charge in [0.25, 0.3) is 0 Å². The number of likely N-dealkylation sites (tertiary alicyclic amines) is 1. The van der Waals surface area contributed by atoms with Crippen molar-refractivity contribution in [2.45, 2.75) is 25.4 Å². The van der Waals surface area contributed by atoms with Crippen molar-refractivity contribution in [3.05, 3.63) is 53.1 Å². The molecule has 9 heteroatoms. The molecule has 0 unspecified atom stereocenters. The van der Waals surface area contributed by atoms with E-state index in [4.69, 9.17) is 16.3 Å². The van der Waals surface area contributed by atoms with Crippen molar-refractivity contribution < 1.29 is 19.0 Å². The van der Waals surface area contributed by atoms with Crippen LogP contribution in [0.1, 0.15) is 18.4 Å². The number of hydrogen-bond donors (Lipinski definition) is 2. The number of aromatic nitrogens is 2. The molecule has 1 saturated heterocycles. The Labute approximate surface area is 177 Å². The second-order valence-electron chi connectivity index (χ2n) is 7.10. The molecule has 7 nitrogen and oxygen atoms in total. The first-order chi connectivity index (χ1) is 14.5. The second-order valence-corrected chi connectivity index (χ2v) is 7.50. The van der Waals surface area contributed by atoms with Crippen LogP contribution in [0, 0.1) is 5.82 Å². The zero-order valence-corrected chi connectivity index (χ0v) is 17.0. The van der Waals surface area contributed by atoms with E-state index in [9.17, 15) is 14.3 Å². The average Bonchev–Trinajstić information content (AvgIpc) is 3.20. The number of fused-ring (bicyclic) bond motifs is 1. The summed E-state index contributed by atoms with van der Waals surface area (Å²) in [5, 5.41) is 13.1. The van der Waals surface area contributed by atoms with Gasteiger partial charge in [-0.25, -0.2) is 14.4 Å². The number of rotatable bonds is 6. The Morgan fingerprint density at radius 1 is 1.40 bits per heavy atom. The molecule has 0 amide bonds. The summed E-state index contributed by atoms with van der Waals surface area (Å²) in [4.78, 5) is 22.0. The predicted molar refractivity (Wildman–Crippen MR) is 112 cm³/mol. The summed E-state index contributed by atoms with van der Waals surface area (Å²) in [6.45, 7) is 1.11. The van der Waals surface area contributed by atoms with E-state index in [1.807, 2.05) is 11.0 Å². The minimum Gasteiger partial charge on any atom is -0.496 e. The molecule has 1 aromatic heterocycles. The number of aliphatic carboxylic acids is 1. The number of carbonyl (C=O) groups is 1. The Kier molecular flexibility index (Phi) is 5.69. The highest BCUT2D eigenvalue weighted by Gasteiger charge is 2.31. The highest BCUT2D eigenvalue weighted by atomic mass is 35.5. The highest BCUT2D eigenvalue weighted by Crippen LogP contribution is 2.33. The number of benzene rings is 2. The highest BCUT2D eigenvalue weighted by molar-refractivity contribution is 6.31. The molecule has 30 heavy (non-hydrogen) atoms. The van der Waals surface area contributed by atoms with Crippen molar-refractivity contribution >= 4 is 40.0 Å². The second kappa shape index (κ2) is 8.41. The molecule has 0 bridgehead atoms. The van der Waals surface area contributed by atoms with E-state index in [0.717, 1.165) is 12.0 Å². The minimum atomic E-state index is -0.825. The smallest absolute Gasteiger partial charge is 0.320 e. The number of carboxylic acids is 1. The number of ether oxygens (including phenoxy) is 1. The van der Waals surface area contributed by atoms with Gasteiger partial charge in [-0.1, -0.05) is 17.7 Å². The van der Waals surface area contributed by atoms with Gasteiger partial charge in [-0.2, -0.15) is 0 Å². The molecule has 0 saturated carbocycles. The van der Waals surface area contributed by atoms with E-state index < -0.39 is 17.8 Å². The first-order valence-electron chi connectivity index (χ1n) is 9.47. The normalized spacial score (nSPS) is 16.7. The van der Waals surface area contributed by atoms with Crippen LogP contribution in [0.4, 0.5) is 15.9 Å². The molecule has 2 N–H and O–H groups in total. The first kappa shape index (κ1) is 20.3. The number of hydrogen-bond acceptors (Lipinski definition) is 6. The third-order valence-electron chi connectivity index (χ3n) is 5.26. The fraction of sp³-hybridized carbons (Fsp3) is 0.286. The van der Waals surface area contributed by atoms with E-state index >= 15 is 0 Å². The van der Waals surface area contributed by atoms with Gasteiger partial charge in [-0.05, 0) is 37.6 Å². The van der Waals surface area contributed by atoms with Gasteiger partial charge < -0.3 is 15.2 Å². The SMILES string of the molecule is COc1cc2ncnc(Nc3cccc(Cl)c3F)c2cc1CN1CCC[C@H]1C(=O)O. The molecule has 1 fully saturated rings. The molecule has 156 valence electrons. The summed E-state index contributed by atoms with van der Waals surface area (Å²) < 4.78 is 19.9. The molecule has 0 spiro atoms. The maximum Gasteiger partial charge on any atom is 0.320 e. The molecule has 1 aliphatic heterocycles. The quantitative estimate of drug-likeness (QED) is 0.605. The Balaban J connectivity index is 1.74. The van der Waals surface area contributed by atoms with Gasteiger partial charge in [0.05, 0.1) is 23.3 Å². The summed E-state index contributed by atoms with van der Waals surface area (Å²) in [7, 11) is 1.56. The van der Waals surface area contributed by atoms with Crippen molar-refractivity contribution in [1.82, 2.24) is 14.9 Å². The standard InChI is InChI=1S/C21H20ClFN4O3/c1-30-18-9-16-13(8-12(18)10-27-7-3-6-17(27)21(28)29)20(25-11-24-16)26-15-5-2-4-14(22)19(15)23/h2,4-5,8-9,11,17H,3,6-7,10H2,1H3,(H,28,29)(H,24,25,26)/t17-/m0/s1. The van der Waals surface area contributed by atoms with E-state index in [0.29, 0.717) is 42.0 Å². The summed E-state index contributed by atoms with van der Waals surface area (Å²) >= 11 is 5.88. The van der Waals surface area contributed by atoms with Gasteiger partial charge in [0.15, 0.2) is 5.82 Å². The maximum absolute atomic E-state index is 14.4. The molecule has 2 heterocycles. The Bertz CT molecular complexity index is 1110. The van der Waals surface area contributed by atoms with Crippen LogP contribution < -0.4 is 10.1 Å². The minimum absolute atomic E-state index is 0.00876. The molecule has 0 aliphatic carbocycles. The fourth-order valence-electron chi connectivity index (χ4n) is 3.78. The molecular weight excluding hydrogens is 411 g/mol.